The first-order valence-electron chi connectivity index (χ1n) is 9.92. The van der Waals surface area contributed by atoms with Crippen molar-refractivity contribution < 1.29 is 4.74 Å². The van der Waals surface area contributed by atoms with Crippen molar-refractivity contribution in [2.45, 2.75) is 52.0 Å². The van der Waals surface area contributed by atoms with Gasteiger partial charge in [0.2, 0.25) is 0 Å². The molecule has 1 N–H and O–H groups in total. The lowest BCUT2D eigenvalue weighted by Crippen LogP contribution is -2.48. The number of rotatable bonds is 4. The molecule has 4 heteroatoms. The SMILES string of the molecule is C1COCCN1.CCN(CC)C1(c2ccc(Cl)cc2)CCCC(C)C1. The molecule has 2 aliphatic rings. The van der Waals surface area contributed by atoms with Gasteiger partial charge >= 0.3 is 0 Å². The maximum absolute atomic E-state index is 6.06. The van der Waals surface area contributed by atoms with Gasteiger partial charge in [-0.15, -0.1) is 0 Å². The average molecular weight is 367 g/mol. The van der Waals surface area contributed by atoms with Crippen molar-refractivity contribution in [2.75, 3.05) is 39.4 Å². The summed E-state index contributed by atoms with van der Waals surface area (Å²) >= 11 is 6.06. The van der Waals surface area contributed by atoms with Gasteiger partial charge in [-0.1, -0.05) is 57.3 Å². The summed E-state index contributed by atoms with van der Waals surface area (Å²) in [6, 6.07) is 8.56. The Balaban J connectivity index is 0.000000316. The maximum Gasteiger partial charge on any atom is 0.0591 e. The minimum Gasteiger partial charge on any atom is -0.379 e. The zero-order valence-corrected chi connectivity index (χ0v) is 16.9. The molecule has 0 aromatic heterocycles. The number of nitrogens with one attached hydrogen (secondary N) is 1. The van der Waals surface area contributed by atoms with E-state index >= 15 is 0 Å². The number of halogens is 1. The van der Waals surface area contributed by atoms with Crippen LogP contribution < -0.4 is 5.32 Å². The second-order valence-electron chi connectivity index (χ2n) is 7.27. The number of benzene rings is 1. The molecule has 2 unspecified atom stereocenters. The summed E-state index contributed by atoms with van der Waals surface area (Å²) in [6.45, 7) is 13.0. The van der Waals surface area contributed by atoms with E-state index in [1.54, 1.807) is 0 Å². The van der Waals surface area contributed by atoms with Gasteiger partial charge in [0.15, 0.2) is 0 Å². The largest absolute Gasteiger partial charge is 0.379 e. The average Bonchev–Trinajstić information content (AvgIpc) is 2.65. The van der Waals surface area contributed by atoms with E-state index in [1.807, 2.05) is 12.1 Å². The van der Waals surface area contributed by atoms with Crippen LogP contribution in [-0.2, 0) is 10.3 Å². The number of hydrogen-bond acceptors (Lipinski definition) is 3. The molecular weight excluding hydrogens is 332 g/mol. The molecular formula is C21H35ClN2O. The summed E-state index contributed by atoms with van der Waals surface area (Å²) in [6.07, 6.45) is 5.26. The summed E-state index contributed by atoms with van der Waals surface area (Å²) in [5, 5.41) is 4.00. The van der Waals surface area contributed by atoms with Gasteiger partial charge < -0.3 is 10.1 Å². The van der Waals surface area contributed by atoms with Crippen LogP contribution in [0.4, 0.5) is 0 Å². The minimum atomic E-state index is 0.228. The monoisotopic (exact) mass is 366 g/mol. The third kappa shape index (κ3) is 5.68. The topological polar surface area (TPSA) is 24.5 Å². The zero-order chi connectivity index (χ0) is 18.1. The van der Waals surface area contributed by atoms with Crippen LogP contribution in [0.5, 0.6) is 0 Å². The fraction of sp³-hybridized carbons (Fsp3) is 0.714. The molecule has 25 heavy (non-hydrogen) atoms. The van der Waals surface area contributed by atoms with Crippen LogP contribution in [0.15, 0.2) is 24.3 Å². The van der Waals surface area contributed by atoms with Gasteiger partial charge in [0, 0.05) is 23.7 Å². The van der Waals surface area contributed by atoms with Crippen LogP contribution >= 0.6 is 11.6 Å². The number of morpholine rings is 1. The van der Waals surface area contributed by atoms with Gasteiger partial charge in [-0.2, -0.15) is 0 Å². The predicted octanol–water partition coefficient (Wildman–Crippen LogP) is 4.69. The van der Waals surface area contributed by atoms with Gasteiger partial charge in [0.1, 0.15) is 0 Å². The van der Waals surface area contributed by atoms with Crippen molar-refractivity contribution >= 4 is 11.6 Å². The Morgan fingerprint density at radius 3 is 2.24 bits per heavy atom. The Morgan fingerprint density at radius 2 is 1.80 bits per heavy atom. The summed E-state index contributed by atoms with van der Waals surface area (Å²) < 4.78 is 5.01. The Hall–Kier alpha value is -0.610. The van der Waals surface area contributed by atoms with Gasteiger partial charge in [-0.05, 0) is 49.5 Å². The summed E-state index contributed by atoms with van der Waals surface area (Å²) in [5.41, 5.74) is 1.68. The van der Waals surface area contributed by atoms with E-state index in [-0.39, 0.29) is 5.54 Å². The molecule has 1 aromatic rings. The third-order valence-corrected chi connectivity index (χ3v) is 5.82. The molecule has 1 saturated heterocycles. The van der Waals surface area contributed by atoms with E-state index in [2.05, 4.69) is 43.1 Å². The molecule has 142 valence electrons. The Morgan fingerprint density at radius 1 is 1.16 bits per heavy atom. The molecule has 0 bridgehead atoms. The third-order valence-electron chi connectivity index (χ3n) is 5.57. The van der Waals surface area contributed by atoms with Crippen molar-refractivity contribution in [3.63, 3.8) is 0 Å². The van der Waals surface area contributed by atoms with E-state index in [4.69, 9.17) is 16.3 Å². The molecule has 2 fully saturated rings. The van der Waals surface area contributed by atoms with E-state index < -0.39 is 0 Å². The van der Waals surface area contributed by atoms with Gasteiger partial charge in [-0.3, -0.25) is 4.90 Å². The van der Waals surface area contributed by atoms with Gasteiger partial charge in [0.05, 0.1) is 13.2 Å². The predicted molar refractivity (Wildman–Crippen MR) is 107 cm³/mol. The molecule has 3 nitrogen and oxygen atoms in total. The van der Waals surface area contributed by atoms with E-state index in [0.717, 1.165) is 50.3 Å². The molecule has 1 heterocycles. The van der Waals surface area contributed by atoms with Crippen LogP contribution in [-0.4, -0.2) is 44.3 Å². The second kappa shape index (κ2) is 10.5. The minimum absolute atomic E-state index is 0.228. The van der Waals surface area contributed by atoms with Gasteiger partial charge in [-0.25, -0.2) is 0 Å². The van der Waals surface area contributed by atoms with Crippen LogP contribution in [0, 0.1) is 5.92 Å². The van der Waals surface area contributed by atoms with E-state index in [0.29, 0.717) is 0 Å². The molecule has 1 aliphatic carbocycles. The lowest BCUT2D eigenvalue weighted by atomic mass is 9.71. The van der Waals surface area contributed by atoms with E-state index in [1.165, 1.54) is 31.2 Å². The molecule has 0 spiro atoms. The molecule has 2 atom stereocenters. The van der Waals surface area contributed by atoms with Crippen molar-refractivity contribution in [3.05, 3.63) is 34.9 Å². The second-order valence-corrected chi connectivity index (χ2v) is 7.71. The maximum atomic E-state index is 6.06. The molecule has 0 amide bonds. The zero-order valence-electron chi connectivity index (χ0n) is 16.2. The highest BCUT2D eigenvalue weighted by Crippen LogP contribution is 2.44. The fourth-order valence-corrected chi connectivity index (χ4v) is 4.49. The van der Waals surface area contributed by atoms with Crippen molar-refractivity contribution in [2.24, 2.45) is 5.92 Å². The van der Waals surface area contributed by atoms with Crippen molar-refractivity contribution in [1.82, 2.24) is 10.2 Å². The molecule has 1 aliphatic heterocycles. The number of ether oxygens (including phenoxy) is 1. The smallest absolute Gasteiger partial charge is 0.0591 e. The van der Waals surface area contributed by atoms with Crippen LogP contribution in [0.2, 0.25) is 5.02 Å². The number of nitrogens with zero attached hydrogens (tertiary/aromatic N) is 1. The Bertz CT molecular complexity index is 474. The highest BCUT2D eigenvalue weighted by Gasteiger charge is 2.40. The first-order chi connectivity index (χ1) is 12.1. The Kier molecular flexibility index (Phi) is 8.71. The highest BCUT2D eigenvalue weighted by atomic mass is 35.5. The highest BCUT2D eigenvalue weighted by molar-refractivity contribution is 6.30. The lowest BCUT2D eigenvalue weighted by molar-refractivity contribution is 0.0373. The Labute approximate surface area is 159 Å². The molecule has 1 aromatic carbocycles. The van der Waals surface area contributed by atoms with Crippen molar-refractivity contribution in [3.8, 4) is 0 Å². The summed E-state index contributed by atoms with van der Waals surface area (Å²) in [7, 11) is 0. The van der Waals surface area contributed by atoms with Crippen LogP contribution in [0.25, 0.3) is 0 Å². The summed E-state index contributed by atoms with van der Waals surface area (Å²) in [4.78, 5) is 2.64. The fourth-order valence-electron chi connectivity index (χ4n) is 4.36. The molecule has 0 radical (unpaired) electrons. The van der Waals surface area contributed by atoms with Crippen molar-refractivity contribution in [1.29, 1.82) is 0 Å². The number of hydrogen-bond donors (Lipinski definition) is 1. The first kappa shape index (κ1) is 20.7. The standard InChI is InChI=1S/C17H26ClN.C4H9NO/c1-4-19(5-2)17(12-6-7-14(3)13-17)15-8-10-16(18)11-9-15;1-3-6-4-2-5-1/h8-11,14H,4-7,12-13H2,1-3H3;5H,1-4H2. The van der Waals surface area contributed by atoms with E-state index in [9.17, 15) is 0 Å². The van der Waals surface area contributed by atoms with Gasteiger partial charge in [0.25, 0.3) is 0 Å². The molecule has 1 saturated carbocycles. The van der Waals surface area contributed by atoms with Crippen LogP contribution in [0.3, 0.4) is 0 Å². The van der Waals surface area contributed by atoms with Crippen LogP contribution in [0.1, 0.15) is 52.0 Å². The normalized spacial score (nSPS) is 26.8. The quantitative estimate of drug-likeness (QED) is 0.836. The summed E-state index contributed by atoms with van der Waals surface area (Å²) in [5.74, 6) is 0.810. The first-order valence-corrected chi connectivity index (χ1v) is 10.3. The lowest BCUT2D eigenvalue weighted by Gasteiger charge is -2.48. The molecule has 3 rings (SSSR count).